The molecular weight excluding hydrogens is 90.1 g/mol. The van der Waals surface area contributed by atoms with Gasteiger partial charge in [0.05, 0.1) is 0 Å². The first-order valence-corrected chi connectivity index (χ1v) is 2.38. The first kappa shape index (κ1) is 10.0. The maximum absolute atomic E-state index is 4.25. The van der Waals surface area contributed by atoms with Crippen LogP contribution in [0.4, 0.5) is 0 Å². The highest BCUT2D eigenvalue weighted by atomic mass is 16.4. The molecular formula is C5H15NO. The zero-order valence-corrected chi connectivity index (χ0v) is 5.62. The van der Waals surface area contributed by atoms with Gasteiger partial charge in [-0.1, -0.05) is 6.92 Å². The third-order valence-corrected chi connectivity index (χ3v) is 0.354. The number of rotatable bonds is 1. The molecule has 0 unspecified atom stereocenters. The van der Waals surface area contributed by atoms with Crippen LogP contribution in [0.3, 0.4) is 0 Å². The van der Waals surface area contributed by atoms with Gasteiger partial charge < -0.3 is 10.1 Å². The molecule has 0 atom stereocenters. The zero-order valence-electron chi connectivity index (χ0n) is 5.62. The minimum absolute atomic E-state index is 1.07. The van der Waals surface area contributed by atoms with Crippen molar-refractivity contribution < 1.29 is 4.74 Å². The molecule has 0 saturated carbocycles. The minimum atomic E-state index is 1.07. The van der Waals surface area contributed by atoms with E-state index in [1.807, 2.05) is 7.05 Å². The average molecular weight is 105 g/mol. The normalized spacial score (nSPS) is 6.86. The van der Waals surface area contributed by atoms with E-state index in [1.54, 1.807) is 14.2 Å². The van der Waals surface area contributed by atoms with Crippen LogP contribution in [0.25, 0.3) is 0 Å². The van der Waals surface area contributed by atoms with Crippen LogP contribution in [-0.4, -0.2) is 27.8 Å². The molecule has 0 heterocycles. The SMILES string of the molecule is CCNC.COC. The Hall–Kier alpha value is -0.0800. The summed E-state index contributed by atoms with van der Waals surface area (Å²) >= 11 is 0. The van der Waals surface area contributed by atoms with E-state index < -0.39 is 0 Å². The molecule has 2 nitrogen and oxygen atoms in total. The minimum Gasteiger partial charge on any atom is -0.388 e. The summed E-state index contributed by atoms with van der Waals surface area (Å²) in [5.74, 6) is 0. The fourth-order valence-electron chi connectivity index (χ4n) is 0. The number of methoxy groups -OCH3 is 1. The van der Waals surface area contributed by atoms with E-state index in [0.717, 1.165) is 6.54 Å². The van der Waals surface area contributed by atoms with Crippen LogP contribution >= 0.6 is 0 Å². The molecule has 0 radical (unpaired) electrons. The van der Waals surface area contributed by atoms with E-state index in [1.165, 1.54) is 0 Å². The summed E-state index contributed by atoms with van der Waals surface area (Å²) in [4.78, 5) is 0. The highest BCUT2D eigenvalue weighted by Gasteiger charge is 1.50. The molecule has 0 rings (SSSR count). The summed E-state index contributed by atoms with van der Waals surface area (Å²) in [5, 5.41) is 2.93. The molecule has 0 aliphatic rings. The van der Waals surface area contributed by atoms with Crippen molar-refractivity contribution in [2.75, 3.05) is 27.8 Å². The maximum atomic E-state index is 4.25. The van der Waals surface area contributed by atoms with Gasteiger partial charge in [-0.05, 0) is 13.6 Å². The first-order chi connectivity index (χ1) is 3.33. The summed E-state index contributed by atoms with van der Waals surface area (Å²) in [5.41, 5.74) is 0. The lowest BCUT2D eigenvalue weighted by Gasteiger charge is -1.76. The fraction of sp³-hybridized carbons (Fsp3) is 1.00. The van der Waals surface area contributed by atoms with Gasteiger partial charge in [0.15, 0.2) is 0 Å². The van der Waals surface area contributed by atoms with E-state index >= 15 is 0 Å². The highest BCUT2D eigenvalue weighted by molar-refractivity contribution is 4.15. The lowest BCUT2D eigenvalue weighted by Crippen LogP contribution is -2.01. The molecule has 2 heteroatoms. The molecule has 0 aromatic carbocycles. The van der Waals surface area contributed by atoms with Crippen LogP contribution in [0, 0.1) is 0 Å². The van der Waals surface area contributed by atoms with Gasteiger partial charge in [-0.2, -0.15) is 0 Å². The van der Waals surface area contributed by atoms with Gasteiger partial charge in [-0.15, -0.1) is 0 Å². The second-order valence-corrected chi connectivity index (χ2v) is 1.12. The largest absolute Gasteiger partial charge is 0.388 e. The quantitative estimate of drug-likeness (QED) is 0.524. The molecule has 0 fully saturated rings. The van der Waals surface area contributed by atoms with Crippen molar-refractivity contribution in [1.29, 1.82) is 0 Å². The summed E-state index contributed by atoms with van der Waals surface area (Å²) in [6, 6.07) is 0. The van der Waals surface area contributed by atoms with Gasteiger partial charge in [0.1, 0.15) is 0 Å². The average Bonchev–Trinajstić information content (AvgIpc) is 1.69. The Morgan fingerprint density at radius 3 is 1.57 bits per heavy atom. The molecule has 0 aliphatic carbocycles. The monoisotopic (exact) mass is 105 g/mol. The van der Waals surface area contributed by atoms with E-state index in [2.05, 4.69) is 17.0 Å². The van der Waals surface area contributed by atoms with Gasteiger partial charge in [0.25, 0.3) is 0 Å². The van der Waals surface area contributed by atoms with Crippen LogP contribution < -0.4 is 5.32 Å². The van der Waals surface area contributed by atoms with E-state index in [-0.39, 0.29) is 0 Å². The standard InChI is InChI=1S/C3H9N.C2H6O/c1-3-4-2;1-3-2/h4H,3H2,1-2H3;1-2H3. The maximum Gasteiger partial charge on any atom is 0.0351 e. The third kappa shape index (κ3) is 107. The van der Waals surface area contributed by atoms with Crippen molar-refractivity contribution in [3.8, 4) is 0 Å². The number of hydrogen-bond donors (Lipinski definition) is 1. The predicted molar refractivity (Wildman–Crippen MR) is 32.5 cm³/mol. The molecule has 0 amide bonds. The second kappa shape index (κ2) is 16.8. The number of hydrogen-bond acceptors (Lipinski definition) is 2. The van der Waals surface area contributed by atoms with Crippen LogP contribution in [0.2, 0.25) is 0 Å². The van der Waals surface area contributed by atoms with Crippen molar-refractivity contribution in [3.63, 3.8) is 0 Å². The van der Waals surface area contributed by atoms with Gasteiger partial charge in [-0.25, -0.2) is 0 Å². The Kier molecular flexibility index (Phi) is 24.1. The fourth-order valence-corrected chi connectivity index (χ4v) is 0. The van der Waals surface area contributed by atoms with Crippen LogP contribution in [-0.2, 0) is 4.74 Å². The van der Waals surface area contributed by atoms with Crippen LogP contribution in [0.1, 0.15) is 6.92 Å². The molecule has 0 saturated heterocycles. The van der Waals surface area contributed by atoms with Crippen LogP contribution in [0.15, 0.2) is 0 Å². The predicted octanol–water partition coefficient (Wildman–Crippen LogP) is 0.488. The number of nitrogens with one attached hydrogen (secondary N) is 1. The highest BCUT2D eigenvalue weighted by Crippen LogP contribution is 1.34. The smallest absolute Gasteiger partial charge is 0.0351 e. The molecule has 1 N–H and O–H groups in total. The summed E-state index contributed by atoms with van der Waals surface area (Å²) in [7, 11) is 5.18. The Balaban J connectivity index is 0. The summed E-state index contributed by atoms with van der Waals surface area (Å²) < 4.78 is 4.25. The van der Waals surface area contributed by atoms with E-state index in [0.29, 0.717) is 0 Å². The van der Waals surface area contributed by atoms with Crippen molar-refractivity contribution in [2.45, 2.75) is 6.92 Å². The third-order valence-electron chi connectivity index (χ3n) is 0.354. The first-order valence-electron chi connectivity index (χ1n) is 2.38. The van der Waals surface area contributed by atoms with Crippen LogP contribution in [0.5, 0.6) is 0 Å². The van der Waals surface area contributed by atoms with E-state index in [9.17, 15) is 0 Å². The van der Waals surface area contributed by atoms with Gasteiger partial charge in [-0.3, -0.25) is 0 Å². The lowest BCUT2D eigenvalue weighted by atomic mass is 10.8. The number of ether oxygens (including phenoxy) is 1. The van der Waals surface area contributed by atoms with Crippen molar-refractivity contribution in [3.05, 3.63) is 0 Å². The second-order valence-electron chi connectivity index (χ2n) is 1.12. The topological polar surface area (TPSA) is 21.3 Å². The van der Waals surface area contributed by atoms with E-state index in [4.69, 9.17) is 0 Å². The Morgan fingerprint density at radius 2 is 1.57 bits per heavy atom. The summed E-state index contributed by atoms with van der Waals surface area (Å²) in [6.07, 6.45) is 0. The van der Waals surface area contributed by atoms with Crippen molar-refractivity contribution in [1.82, 2.24) is 5.32 Å². The molecule has 46 valence electrons. The van der Waals surface area contributed by atoms with Gasteiger partial charge in [0.2, 0.25) is 0 Å². The Bertz CT molecular complexity index is 15.6. The molecule has 0 aromatic heterocycles. The van der Waals surface area contributed by atoms with Crippen molar-refractivity contribution in [2.24, 2.45) is 0 Å². The summed E-state index contributed by atoms with van der Waals surface area (Å²) in [6.45, 7) is 3.14. The molecule has 0 aromatic rings. The molecule has 0 spiro atoms. The van der Waals surface area contributed by atoms with Gasteiger partial charge in [0, 0.05) is 14.2 Å². The Morgan fingerprint density at radius 1 is 1.43 bits per heavy atom. The zero-order chi connectivity index (χ0) is 6.12. The van der Waals surface area contributed by atoms with Crippen molar-refractivity contribution >= 4 is 0 Å². The molecule has 0 aliphatic heterocycles. The molecule has 0 bridgehead atoms. The molecule has 7 heavy (non-hydrogen) atoms. The Labute approximate surface area is 45.9 Å². The lowest BCUT2D eigenvalue weighted by molar-refractivity contribution is 0.277. The van der Waals surface area contributed by atoms with Gasteiger partial charge >= 0.3 is 0 Å².